The van der Waals surface area contributed by atoms with Crippen molar-refractivity contribution in [1.82, 2.24) is 10.7 Å². The van der Waals surface area contributed by atoms with Crippen molar-refractivity contribution in [3.05, 3.63) is 71.3 Å². The quantitative estimate of drug-likeness (QED) is 0.371. The first-order chi connectivity index (χ1) is 12.5. The summed E-state index contributed by atoms with van der Waals surface area (Å²) in [4.78, 5) is 35.0. The molecule has 0 heterocycles. The maximum absolute atomic E-state index is 11.9. The van der Waals surface area contributed by atoms with Gasteiger partial charge in [-0.1, -0.05) is 42.5 Å². The normalized spacial score (nSPS) is 11.6. The molecule has 0 aromatic heterocycles. The van der Waals surface area contributed by atoms with Crippen molar-refractivity contribution in [2.75, 3.05) is 7.11 Å². The fourth-order valence-electron chi connectivity index (χ4n) is 2.13. The molecule has 0 saturated carbocycles. The third kappa shape index (κ3) is 5.27. The number of ether oxygens (including phenoxy) is 1. The van der Waals surface area contributed by atoms with Crippen molar-refractivity contribution in [2.45, 2.75) is 13.0 Å². The third-order valence-electron chi connectivity index (χ3n) is 3.56. The van der Waals surface area contributed by atoms with Crippen molar-refractivity contribution in [2.24, 2.45) is 5.10 Å². The van der Waals surface area contributed by atoms with Crippen LogP contribution in [0.5, 0.6) is 0 Å². The minimum atomic E-state index is -0.866. The number of hydrogen-bond acceptors (Lipinski definition) is 5. The Balaban J connectivity index is 1.86. The van der Waals surface area contributed by atoms with Crippen LogP contribution < -0.4 is 10.7 Å². The Labute approximate surface area is 151 Å². The van der Waals surface area contributed by atoms with E-state index in [1.54, 1.807) is 31.2 Å². The molecule has 1 atom stereocenters. The van der Waals surface area contributed by atoms with Crippen LogP contribution in [0.25, 0.3) is 0 Å². The Kier molecular flexibility index (Phi) is 6.61. The van der Waals surface area contributed by atoms with Crippen molar-refractivity contribution in [1.29, 1.82) is 0 Å². The molecule has 1 unspecified atom stereocenters. The highest BCUT2D eigenvalue weighted by atomic mass is 16.5. The first kappa shape index (κ1) is 18.9. The van der Waals surface area contributed by atoms with Crippen molar-refractivity contribution >= 4 is 24.0 Å². The highest BCUT2D eigenvalue weighted by Gasteiger charge is 2.16. The highest BCUT2D eigenvalue weighted by Crippen LogP contribution is 2.10. The van der Waals surface area contributed by atoms with Crippen LogP contribution in [0.1, 0.15) is 34.5 Å². The minimum absolute atomic E-state index is 0.302. The average molecular weight is 353 g/mol. The number of methoxy groups -OCH3 is 1. The molecular weight excluding hydrogens is 334 g/mol. The first-order valence-corrected chi connectivity index (χ1v) is 7.88. The molecule has 0 fully saturated rings. The molecule has 0 aliphatic carbocycles. The molecule has 7 nitrogen and oxygen atoms in total. The van der Waals surface area contributed by atoms with E-state index in [0.29, 0.717) is 11.1 Å². The number of hydrazone groups is 1. The van der Waals surface area contributed by atoms with E-state index in [-0.39, 0.29) is 6.04 Å². The Hall–Kier alpha value is -3.48. The second kappa shape index (κ2) is 9.12. The molecule has 2 aromatic carbocycles. The maximum Gasteiger partial charge on any atom is 0.337 e. The standard InChI is InChI=1S/C19H19N3O4/c1-13(15-6-4-3-5-7-15)21-17(23)18(24)22-20-12-14-8-10-16(11-9-14)19(25)26-2/h3-13H,1-2H3,(H,21,23)(H,22,24)/b20-12-. The van der Waals surface area contributed by atoms with Gasteiger partial charge < -0.3 is 10.1 Å². The van der Waals surface area contributed by atoms with Crippen LogP contribution in [-0.2, 0) is 14.3 Å². The molecule has 2 rings (SSSR count). The number of esters is 1. The van der Waals surface area contributed by atoms with Gasteiger partial charge >= 0.3 is 17.8 Å². The molecule has 0 aliphatic heterocycles. The van der Waals surface area contributed by atoms with Crippen LogP contribution in [0, 0.1) is 0 Å². The Morgan fingerprint density at radius 3 is 2.27 bits per heavy atom. The van der Waals surface area contributed by atoms with Crippen LogP contribution >= 0.6 is 0 Å². The van der Waals surface area contributed by atoms with Gasteiger partial charge in [0.25, 0.3) is 0 Å². The molecule has 0 spiro atoms. The molecular formula is C19H19N3O4. The molecule has 2 N–H and O–H groups in total. The Bertz CT molecular complexity index is 801. The second-order valence-electron chi connectivity index (χ2n) is 5.42. The largest absolute Gasteiger partial charge is 0.465 e. The van der Waals surface area contributed by atoms with Crippen LogP contribution in [0.4, 0.5) is 0 Å². The van der Waals surface area contributed by atoms with Gasteiger partial charge in [-0.15, -0.1) is 0 Å². The fraction of sp³-hybridized carbons (Fsp3) is 0.158. The number of carbonyl (C=O) groups excluding carboxylic acids is 3. The summed E-state index contributed by atoms with van der Waals surface area (Å²) in [5, 5.41) is 6.33. The van der Waals surface area contributed by atoms with Crippen LogP contribution in [0.2, 0.25) is 0 Å². The van der Waals surface area contributed by atoms with Gasteiger partial charge in [0.15, 0.2) is 0 Å². The van der Waals surface area contributed by atoms with Crippen LogP contribution in [0.3, 0.4) is 0 Å². The lowest BCUT2D eigenvalue weighted by molar-refractivity contribution is -0.139. The summed E-state index contributed by atoms with van der Waals surface area (Å²) in [7, 11) is 1.30. The van der Waals surface area contributed by atoms with E-state index < -0.39 is 17.8 Å². The SMILES string of the molecule is COC(=O)c1ccc(/C=N\NC(=O)C(=O)NC(C)c2ccccc2)cc1. The maximum atomic E-state index is 11.9. The van der Waals surface area contributed by atoms with Gasteiger partial charge in [-0.2, -0.15) is 5.10 Å². The zero-order valence-corrected chi connectivity index (χ0v) is 14.4. The van der Waals surface area contributed by atoms with E-state index in [1.807, 2.05) is 30.3 Å². The zero-order chi connectivity index (χ0) is 18.9. The smallest absolute Gasteiger partial charge is 0.337 e. The third-order valence-corrected chi connectivity index (χ3v) is 3.56. The van der Waals surface area contributed by atoms with E-state index in [9.17, 15) is 14.4 Å². The topological polar surface area (TPSA) is 96.9 Å². The molecule has 0 saturated heterocycles. The summed E-state index contributed by atoms with van der Waals surface area (Å²) in [6.45, 7) is 1.78. The van der Waals surface area contributed by atoms with Crippen molar-refractivity contribution in [3.63, 3.8) is 0 Å². The number of benzene rings is 2. The van der Waals surface area contributed by atoms with Gasteiger partial charge in [0.2, 0.25) is 0 Å². The lowest BCUT2D eigenvalue weighted by atomic mass is 10.1. The Morgan fingerprint density at radius 1 is 1.00 bits per heavy atom. The van der Waals surface area contributed by atoms with E-state index in [2.05, 4.69) is 20.6 Å². The number of carbonyl (C=O) groups is 3. The summed E-state index contributed by atoms with van der Waals surface area (Å²) in [6, 6.07) is 15.4. The van der Waals surface area contributed by atoms with Gasteiger partial charge in [0, 0.05) is 0 Å². The Morgan fingerprint density at radius 2 is 1.65 bits per heavy atom. The number of nitrogens with one attached hydrogen (secondary N) is 2. The van der Waals surface area contributed by atoms with E-state index >= 15 is 0 Å². The summed E-state index contributed by atoms with van der Waals surface area (Å²) in [6.07, 6.45) is 1.37. The highest BCUT2D eigenvalue weighted by molar-refractivity contribution is 6.35. The molecule has 134 valence electrons. The number of amides is 2. The number of rotatable bonds is 5. The van der Waals surface area contributed by atoms with Gasteiger partial charge in [-0.25, -0.2) is 10.2 Å². The monoisotopic (exact) mass is 353 g/mol. The van der Waals surface area contributed by atoms with Crippen LogP contribution in [-0.4, -0.2) is 31.1 Å². The lowest BCUT2D eigenvalue weighted by Crippen LogP contribution is -2.39. The number of hydrogen-bond donors (Lipinski definition) is 2. The molecule has 0 bridgehead atoms. The molecule has 0 aliphatic rings. The molecule has 26 heavy (non-hydrogen) atoms. The minimum Gasteiger partial charge on any atom is -0.465 e. The summed E-state index contributed by atoms with van der Waals surface area (Å²) < 4.78 is 4.60. The summed E-state index contributed by atoms with van der Waals surface area (Å²) in [5.41, 5.74) is 4.11. The van der Waals surface area contributed by atoms with E-state index in [0.717, 1.165) is 5.56 Å². The molecule has 0 radical (unpaired) electrons. The van der Waals surface area contributed by atoms with Crippen molar-refractivity contribution in [3.8, 4) is 0 Å². The predicted octanol–water partition coefficient (Wildman–Crippen LogP) is 1.80. The van der Waals surface area contributed by atoms with Gasteiger partial charge in [-0.3, -0.25) is 9.59 Å². The van der Waals surface area contributed by atoms with E-state index in [1.165, 1.54) is 13.3 Å². The van der Waals surface area contributed by atoms with Crippen molar-refractivity contribution < 1.29 is 19.1 Å². The fourth-order valence-corrected chi connectivity index (χ4v) is 2.13. The zero-order valence-electron chi connectivity index (χ0n) is 14.4. The summed E-state index contributed by atoms with van der Waals surface area (Å²) >= 11 is 0. The van der Waals surface area contributed by atoms with Gasteiger partial charge in [-0.05, 0) is 30.2 Å². The first-order valence-electron chi connectivity index (χ1n) is 7.88. The average Bonchev–Trinajstić information content (AvgIpc) is 2.68. The van der Waals surface area contributed by atoms with Gasteiger partial charge in [0.1, 0.15) is 0 Å². The molecule has 7 heteroatoms. The number of nitrogens with zero attached hydrogens (tertiary/aromatic N) is 1. The van der Waals surface area contributed by atoms with Gasteiger partial charge in [0.05, 0.1) is 24.9 Å². The van der Waals surface area contributed by atoms with E-state index in [4.69, 9.17) is 0 Å². The second-order valence-corrected chi connectivity index (χ2v) is 5.42. The lowest BCUT2D eigenvalue weighted by Gasteiger charge is -2.13. The summed E-state index contributed by atoms with van der Waals surface area (Å²) in [5.74, 6) is -2.08. The molecule has 2 aromatic rings. The van der Waals surface area contributed by atoms with Crippen LogP contribution in [0.15, 0.2) is 59.7 Å². The molecule has 2 amide bonds. The predicted molar refractivity (Wildman–Crippen MR) is 96.5 cm³/mol.